The second-order valence-electron chi connectivity index (χ2n) is 14.8. The average molecular weight is 624 g/mol. The van der Waals surface area contributed by atoms with Gasteiger partial charge in [-0.2, -0.15) is 0 Å². The fourth-order valence-corrected chi connectivity index (χ4v) is 9.88. The number of amides is 2. The molecule has 1 unspecified atom stereocenters. The Hall–Kier alpha value is -3.56. The van der Waals surface area contributed by atoms with Crippen molar-refractivity contribution in [3.8, 4) is 5.75 Å². The van der Waals surface area contributed by atoms with Crippen LogP contribution in [0.4, 0.5) is 0 Å². The molecule has 1 aromatic heterocycles. The Morgan fingerprint density at radius 1 is 0.891 bits per heavy atom. The molecule has 4 saturated carbocycles. The number of carbonyl (C=O) groups excluding carboxylic acids is 2. The first kappa shape index (κ1) is 29.8. The van der Waals surface area contributed by atoms with Gasteiger partial charge in [-0.15, -0.1) is 0 Å². The van der Waals surface area contributed by atoms with Crippen LogP contribution in [0.15, 0.2) is 47.3 Å². The van der Waals surface area contributed by atoms with Crippen LogP contribution in [0.25, 0.3) is 10.9 Å². The third-order valence-electron chi connectivity index (χ3n) is 11.7. The highest BCUT2D eigenvalue weighted by Crippen LogP contribution is 2.60. The van der Waals surface area contributed by atoms with E-state index in [1.54, 1.807) is 24.6 Å². The van der Waals surface area contributed by atoms with Crippen LogP contribution in [-0.4, -0.2) is 70.5 Å². The predicted octanol–water partition coefficient (Wildman–Crippen LogP) is 4.35. The Morgan fingerprint density at radius 2 is 1.57 bits per heavy atom. The fraction of sp³-hybridized carbons (Fsp3) is 0.568. The molecule has 46 heavy (non-hydrogen) atoms. The summed E-state index contributed by atoms with van der Waals surface area (Å²) in [6.45, 7) is 7.93. The summed E-state index contributed by atoms with van der Waals surface area (Å²) in [4.78, 5) is 47.5. The van der Waals surface area contributed by atoms with Gasteiger partial charge in [-0.05, 0) is 98.3 Å². The number of piperidine rings is 1. The molecule has 4 bridgehead atoms. The van der Waals surface area contributed by atoms with Gasteiger partial charge in [0.1, 0.15) is 29.6 Å². The summed E-state index contributed by atoms with van der Waals surface area (Å²) in [6, 6.07) is 14.4. The van der Waals surface area contributed by atoms with Crippen LogP contribution in [-0.2, 0) is 21.5 Å². The molecule has 0 spiro atoms. The van der Waals surface area contributed by atoms with Crippen molar-refractivity contribution in [2.45, 2.75) is 76.3 Å². The third kappa shape index (κ3) is 5.55. The van der Waals surface area contributed by atoms with Crippen molar-refractivity contribution in [2.75, 3.05) is 39.3 Å². The fourth-order valence-electron chi connectivity index (χ4n) is 9.88. The normalized spacial score (nSPS) is 29.8. The lowest BCUT2D eigenvalue weighted by molar-refractivity contribution is -0.135. The number of rotatable bonds is 8. The van der Waals surface area contributed by atoms with Crippen LogP contribution >= 0.6 is 0 Å². The Kier molecular flexibility index (Phi) is 7.72. The standard InChI is InChI=1S/C37H45N5O4/c1-24-38-30-3-2-4-32(34(30)36(45)42(24)31-9-10-33(43)39-35(31)44)46-16-15-40-11-13-41(14-12-40)23-25-5-7-29(8-6-25)37-20-26-17-27(21-37)19-28(18-26)22-37/h2-8,26-28,31H,9-23H2,1H3,(H,39,43,44). The van der Waals surface area contributed by atoms with Crippen LogP contribution < -0.4 is 15.6 Å². The second kappa shape index (κ2) is 11.9. The summed E-state index contributed by atoms with van der Waals surface area (Å²) in [7, 11) is 0. The quantitative estimate of drug-likeness (QED) is 0.373. The first-order valence-electron chi connectivity index (χ1n) is 17.4. The molecule has 3 heterocycles. The Balaban J connectivity index is 0.857. The van der Waals surface area contributed by atoms with Gasteiger partial charge in [0.05, 0.1) is 5.52 Å². The molecule has 2 aliphatic heterocycles. The van der Waals surface area contributed by atoms with E-state index >= 15 is 0 Å². The molecule has 2 amide bonds. The highest BCUT2D eigenvalue weighted by molar-refractivity contribution is 5.99. The summed E-state index contributed by atoms with van der Waals surface area (Å²) >= 11 is 0. The smallest absolute Gasteiger partial charge is 0.265 e. The molecule has 0 radical (unpaired) electrons. The number of ether oxygens (including phenoxy) is 1. The number of benzene rings is 2. The van der Waals surface area contributed by atoms with Gasteiger partial charge in [-0.1, -0.05) is 30.3 Å². The zero-order chi connectivity index (χ0) is 31.4. The Labute approximate surface area is 270 Å². The molecule has 6 fully saturated rings. The first-order valence-corrected chi connectivity index (χ1v) is 17.4. The van der Waals surface area contributed by atoms with Gasteiger partial charge >= 0.3 is 0 Å². The number of piperazine rings is 1. The van der Waals surface area contributed by atoms with Gasteiger partial charge in [0.25, 0.3) is 5.56 Å². The van der Waals surface area contributed by atoms with Gasteiger partial charge in [0.15, 0.2) is 0 Å². The van der Waals surface area contributed by atoms with Crippen LogP contribution in [0.1, 0.15) is 74.4 Å². The van der Waals surface area contributed by atoms with Crippen molar-refractivity contribution < 1.29 is 14.3 Å². The van der Waals surface area contributed by atoms with Gasteiger partial charge in [0.2, 0.25) is 11.8 Å². The van der Waals surface area contributed by atoms with Crippen molar-refractivity contribution in [2.24, 2.45) is 17.8 Å². The molecule has 9 rings (SSSR count). The number of hydrogen-bond donors (Lipinski definition) is 1. The van der Waals surface area contributed by atoms with Crippen LogP contribution in [0, 0.1) is 24.7 Å². The molecule has 1 N–H and O–H groups in total. The van der Waals surface area contributed by atoms with Crippen molar-refractivity contribution in [1.82, 2.24) is 24.7 Å². The average Bonchev–Trinajstić information content (AvgIpc) is 3.02. The van der Waals surface area contributed by atoms with Crippen LogP contribution in [0.2, 0.25) is 0 Å². The molecule has 2 aromatic carbocycles. The second-order valence-corrected chi connectivity index (χ2v) is 14.8. The van der Waals surface area contributed by atoms with E-state index in [1.807, 2.05) is 6.07 Å². The van der Waals surface area contributed by atoms with E-state index in [0.29, 0.717) is 34.5 Å². The minimum atomic E-state index is -0.758. The SMILES string of the molecule is Cc1nc2cccc(OCCN3CCN(Cc4ccc(C56CC7CC(CC(C7)C5)C6)cc4)CC3)c2c(=O)n1C1CCC(=O)NC1=O. The highest BCUT2D eigenvalue weighted by atomic mass is 16.5. The van der Waals surface area contributed by atoms with Crippen molar-refractivity contribution in [3.63, 3.8) is 0 Å². The number of aryl methyl sites for hydroxylation is 1. The monoisotopic (exact) mass is 623 g/mol. The van der Waals surface area contributed by atoms with Crippen LogP contribution in [0.5, 0.6) is 5.75 Å². The topological polar surface area (TPSA) is 96.8 Å². The lowest BCUT2D eigenvalue weighted by Gasteiger charge is -2.57. The van der Waals surface area contributed by atoms with E-state index in [-0.39, 0.29) is 24.3 Å². The maximum Gasteiger partial charge on any atom is 0.265 e. The lowest BCUT2D eigenvalue weighted by atomic mass is 9.48. The minimum Gasteiger partial charge on any atom is -0.491 e. The first-order chi connectivity index (χ1) is 22.3. The molecule has 242 valence electrons. The summed E-state index contributed by atoms with van der Waals surface area (Å²) in [5.41, 5.74) is 3.71. The van der Waals surface area contributed by atoms with E-state index in [9.17, 15) is 14.4 Å². The Bertz CT molecular complexity index is 1670. The number of fused-ring (bicyclic) bond motifs is 1. The highest BCUT2D eigenvalue weighted by Gasteiger charge is 2.51. The molecular formula is C37H45N5O4. The van der Waals surface area contributed by atoms with Crippen molar-refractivity contribution >= 4 is 22.7 Å². The summed E-state index contributed by atoms with van der Waals surface area (Å²) in [5, 5.41) is 2.72. The molecule has 9 heteroatoms. The number of nitrogens with one attached hydrogen (secondary N) is 1. The van der Waals surface area contributed by atoms with Gasteiger partial charge in [0, 0.05) is 45.7 Å². The Morgan fingerprint density at radius 3 is 2.24 bits per heavy atom. The van der Waals surface area contributed by atoms with Gasteiger partial charge in [-0.3, -0.25) is 34.1 Å². The molecule has 2 saturated heterocycles. The number of carbonyl (C=O) groups is 2. The number of nitrogens with zero attached hydrogens (tertiary/aromatic N) is 4. The van der Waals surface area contributed by atoms with E-state index < -0.39 is 11.9 Å². The minimum absolute atomic E-state index is 0.194. The number of hydrogen-bond acceptors (Lipinski definition) is 7. The van der Waals surface area contributed by atoms with E-state index in [2.05, 4.69) is 44.4 Å². The number of aromatic nitrogens is 2. The molecule has 3 aromatic rings. The zero-order valence-electron chi connectivity index (χ0n) is 26.9. The maximum atomic E-state index is 13.7. The molecule has 1 atom stereocenters. The molecular weight excluding hydrogens is 578 g/mol. The summed E-state index contributed by atoms with van der Waals surface area (Å²) < 4.78 is 7.60. The predicted molar refractivity (Wildman–Crippen MR) is 176 cm³/mol. The molecule has 4 aliphatic carbocycles. The molecule has 9 nitrogen and oxygen atoms in total. The van der Waals surface area contributed by atoms with Crippen molar-refractivity contribution in [3.05, 3.63) is 69.8 Å². The van der Waals surface area contributed by atoms with Gasteiger partial charge in [-0.25, -0.2) is 4.98 Å². The van der Waals surface area contributed by atoms with Gasteiger partial charge < -0.3 is 4.74 Å². The van der Waals surface area contributed by atoms with Crippen molar-refractivity contribution in [1.29, 1.82) is 0 Å². The summed E-state index contributed by atoms with van der Waals surface area (Å²) in [5.74, 6) is 3.07. The summed E-state index contributed by atoms with van der Waals surface area (Å²) in [6.07, 6.45) is 9.20. The van der Waals surface area contributed by atoms with E-state index in [4.69, 9.17) is 4.74 Å². The molecule has 6 aliphatic rings. The largest absolute Gasteiger partial charge is 0.491 e. The van der Waals surface area contributed by atoms with Crippen LogP contribution in [0.3, 0.4) is 0 Å². The van der Waals surface area contributed by atoms with E-state index in [0.717, 1.165) is 57.0 Å². The van der Waals surface area contributed by atoms with E-state index in [1.165, 1.54) is 48.7 Å². The lowest BCUT2D eigenvalue weighted by Crippen LogP contribution is -2.48. The number of imide groups is 1. The zero-order valence-corrected chi connectivity index (χ0v) is 26.9. The maximum absolute atomic E-state index is 13.7. The third-order valence-corrected chi connectivity index (χ3v) is 11.7.